The summed E-state index contributed by atoms with van der Waals surface area (Å²) >= 11 is 0. The van der Waals surface area contributed by atoms with Crippen LogP contribution in [-0.4, -0.2) is 15.2 Å². The van der Waals surface area contributed by atoms with Crippen molar-refractivity contribution < 1.29 is 0 Å². The van der Waals surface area contributed by atoms with E-state index in [2.05, 4.69) is 27.0 Å². The summed E-state index contributed by atoms with van der Waals surface area (Å²) in [6.07, 6.45) is 1.56. The largest absolute Gasteiger partial charge is 0.221 e. The van der Waals surface area contributed by atoms with E-state index in [1.807, 2.05) is 30.3 Å². The minimum atomic E-state index is 0.634. The minimum absolute atomic E-state index is 0.634. The molecule has 0 spiro atoms. The first-order valence-electron chi connectivity index (χ1n) is 4.58. The lowest BCUT2D eigenvalue weighted by atomic mass is 10.2. The maximum atomic E-state index is 4.14. The zero-order valence-corrected chi connectivity index (χ0v) is 8.31. The highest BCUT2D eigenvalue weighted by Crippen LogP contribution is 1.96. The van der Waals surface area contributed by atoms with Crippen LogP contribution >= 0.6 is 0 Å². The molecule has 3 heteroatoms. The summed E-state index contributed by atoms with van der Waals surface area (Å²) in [5, 5.41) is 7.55. The molecule has 0 saturated carbocycles. The Balaban J connectivity index is 2.26. The van der Waals surface area contributed by atoms with Gasteiger partial charge in [-0.1, -0.05) is 24.1 Å². The van der Waals surface area contributed by atoms with Gasteiger partial charge in [0.15, 0.2) is 0 Å². The Bertz CT molecular complexity index is 509. The second-order valence-corrected chi connectivity index (χ2v) is 3.00. The number of aromatic nitrogens is 3. The second kappa shape index (κ2) is 4.34. The molecule has 0 radical (unpaired) electrons. The van der Waals surface area contributed by atoms with Gasteiger partial charge < -0.3 is 0 Å². The fraction of sp³-hybridized carbons (Fsp3) is 0.0833. The highest BCUT2D eigenvalue weighted by Gasteiger charge is 1.90. The molecular weight excluding hydrogens is 186 g/mol. The summed E-state index contributed by atoms with van der Waals surface area (Å²) in [5.41, 5.74) is 1.61. The third kappa shape index (κ3) is 2.61. The first kappa shape index (κ1) is 9.35. The van der Waals surface area contributed by atoms with Crippen molar-refractivity contribution in [1.82, 2.24) is 15.2 Å². The fourth-order valence-electron chi connectivity index (χ4n) is 1.11. The molecule has 0 aliphatic rings. The molecule has 1 aromatic carbocycles. The van der Waals surface area contributed by atoms with Crippen LogP contribution in [0.15, 0.2) is 36.5 Å². The first-order valence-corrected chi connectivity index (χ1v) is 4.58. The van der Waals surface area contributed by atoms with Crippen LogP contribution in [0.4, 0.5) is 0 Å². The zero-order valence-electron chi connectivity index (χ0n) is 8.31. The fourth-order valence-corrected chi connectivity index (χ4v) is 1.11. The van der Waals surface area contributed by atoms with Crippen LogP contribution < -0.4 is 0 Å². The quantitative estimate of drug-likeness (QED) is 0.599. The molecule has 3 nitrogen and oxygen atoms in total. The molecule has 0 N–H and O–H groups in total. The van der Waals surface area contributed by atoms with E-state index in [1.165, 1.54) is 0 Å². The Morgan fingerprint density at radius 1 is 1.07 bits per heavy atom. The van der Waals surface area contributed by atoms with E-state index < -0.39 is 0 Å². The number of benzene rings is 1. The van der Waals surface area contributed by atoms with Crippen LogP contribution in [0.2, 0.25) is 0 Å². The van der Waals surface area contributed by atoms with Crippen LogP contribution in [0.1, 0.15) is 17.1 Å². The Labute approximate surface area is 88.2 Å². The van der Waals surface area contributed by atoms with Crippen molar-refractivity contribution in [2.75, 3.05) is 0 Å². The number of rotatable bonds is 0. The lowest BCUT2D eigenvalue weighted by molar-refractivity contribution is 0.898. The monoisotopic (exact) mass is 195 g/mol. The molecule has 0 unspecified atom stereocenters. The lowest BCUT2D eigenvalue weighted by Gasteiger charge is -1.90. The molecule has 0 aliphatic carbocycles. The van der Waals surface area contributed by atoms with Gasteiger partial charge in [-0.15, -0.1) is 5.10 Å². The van der Waals surface area contributed by atoms with Crippen molar-refractivity contribution in [3.63, 3.8) is 0 Å². The average Bonchev–Trinajstić information content (AvgIpc) is 2.28. The van der Waals surface area contributed by atoms with Crippen molar-refractivity contribution in [3.8, 4) is 11.8 Å². The van der Waals surface area contributed by atoms with E-state index >= 15 is 0 Å². The summed E-state index contributed by atoms with van der Waals surface area (Å²) < 4.78 is 0. The number of hydrogen-bond acceptors (Lipinski definition) is 3. The van der Waals surface area contributed by atoms with Gasteiger partial charge in [-0.05, 0) is 25.0 Å². The van der Waals surface area contributed by atoms with Gasteiger partial charge in [0.1, 0.15) is 11.5 Å². The number of hydrogen-bond donors (Lipinski definition) is 0. The zero-order chi connectivity index (χ0) is 10.5. The predicted molar refractivity (Wildman–Crippen MR) is 57.0 cm³/mol. The van der Waals surface area contributed by atoms with Gasteiger partial charge in [0, 0.05) is 5.56 Å². The van der Waals surface area contributed by atoms with Crippen molar-refractivity contribution in [2.45, 2.75) is 6.92 Å². The third-order valence-corrected chi connectivity index (χ3v) is 1.77. The number of nitrogens with zero attached hydrogens (tertiary/aromatic N) is 3. The van der Waals surface area contributed by atoms with E-state index in [0.717, 1.165) is 5.56 Å². The SMILES string of the molecule is Cc1nncc(C#Cc2ccccc2)n1. The van der Waals surface area contributed by atoms with Crippen LogP contribution in [0.5, 0.6) is 0 Å². The van der Waals surface area contributed by atoms with Crippen molar-refractivity contribution in [3.05, 3.63) is 53.6 Å². The first-order chi connectivity index (χ1) is 7.34. The minimum Gasteiger partial charge on any atom is -0.221 e. The predicted octanol–water partition coefficient (Wildman–Crippen LogP) is 1.58. The van der Waals surface area contributed by atoms with Gasteiger partial charge in [0.2, 0.25) is 0 Å². The Kier molecular flexibility index (Phi) is 2.70. The Morgan fingerprint density at radius 2 is 1.87 bits per heavy atom. The maximum Gasteiger partial charge on any atom is 0.149 e. The molecule has 72 valence electrons. The maximum absolute atomic E-state index is 4.14. The Morgan fingerprint density at radius 3 is 2.60 bits per heavy atom. The lowest BCUT2D eigenvalue weighted by Crippen LogP contribution is -1.93. The molecule has 15 heavy (non-hydrogen) atoms. The molecule has 0 bridgehead atoms. The van der Waals surface area contributed by atoms with Crippen molar-refractivity contribution >= 4 is 0 Å². The highest BCUT2D eigenvalue weighted by atomic mass is 15.1. The summed E-state index contributed by atoms with van der Waals surface area (Å²) in [5.74, 6) is 6.58. The highest BCUT2D eigenvalue weighted by molar-refractivity contribution is 5.38. The second-order valence-electron chi connectivity index (χ2n) is 3.00. The molecule has 0 saturated heterocycles. The van der Waals surface area contributed by atoms with Crippen molar-refractivity contribution in [1.29, 1.82) is 0 Å². The topological polar surface area (TPSA) is 38.7 Å². The summed E-state index contributed by atoms with van der Waals surface area (Å²) in [7, 11) is 0. The molecule has 1 aromatic heterocycles. The smallest absolute Gasteiger partial charge is 0.149 e. The van der Waals surface area contributed by atoms with Gasteiger partial charge in [0.25, 0.3) is 0 Å². The summed E-state index contributed by atoms with van der Waals surface area (Å²) in [4.78, 5) is 4.14. The van der Waals surface area contributed by atoms with Crippen LogP contribution in [0.25, 0.3) is 0 Å². The van der Waals surface area contributed by atoms with E-state index in [4.69, 9.17) is 0 Å². The van der Waals surface area contributed by atoms with Gasteiger partial charge >= 0.3 is 0 Å². The van der Waals surface area contributed by atoms with Gasteiger partial charge in [0.05, 0.1) is 6.20 Å². The standard InChI is InChI=1S/C12H9N3/c1-10-14-12(9-13-15-10)8-7-11-5-3-2-4-6-11/h2-6,9H,1H3. The number of aryl methyl sites for hydroxylation is 1. The van der Waals surface area contributed by atoms with Gasteiger partial charge in [-0.3, -0.25) is 0 Å². The van der Waals surface area contributed by atoms with Crippen LogP contribution in [0, 0.1) is 18.8 Å². The molecule has 0 atom stereocenters. The Hall–Kier alpha value is -2.21. The molecule has 2 rings (SSSR count). The van der Waals surface area contributed by atoms with Crippen LogP contribution in [0.3, 0.4) is 0 Å². The normalized spacial score (nSPS) is 9.13. The molecule has 2 aromatic rings. The summed E-state index contributed by atoms with van der Waals surface area (Å²) in [6.45, 7) is 1.79. The summed E-state index contributed by atoms with van der Waals surface area (Å²) in [6, 6.07) is 9.77. The average molecular weight is 195 g/mol. The van der Waals surface area contributed by atoms with E-state index in [-0.39, 0.29) is 0 Å². The molecule has 1 heterocycles. The molecule has 0 amide bonds. The van der Waals surface area contributed by atoms with Crippen LogP contribution in [-0.2, 0) is 0 Å². The van der Waals surface area contributed by atoms with Crippen molar-refractivity contribution in [2.24, 2.45) is 0 Å². The van der Waals surface area contributed by atoms with Gasteiger partial charge in [-0.2, -0.15) is 5.10 Å². The third-order valence-electron chi connectivity index (χ3n) is 1.77. The van der Waals surface area contributed by atoms with E-state index in [1.54, 1.807) is 13.1 Å². The molecule has 0 fully saturated rings. The van der Waals surface area contributed by atoms with E-state index in [0.29, 0.717) is 11.5 Å². The molecule has 0 aliphatic heterocycles. The molecular formula is C12H9N3. The van der Waals surface area contributed by atoms with Gasteiger partial charge in [-0.25, -0.2) is 4.98 Å². The van der Waals surface area contributed by atoms with E-state index in [9.17, 15) is 0 Å².